The van der Waals surface area contributed by atoms with Crippen LogP contribution in [0.3, 0.4) is 0 Å². The Kier molecular flexibility index (Phi) is 5.32. The van der Waals surface area contributed by atoms with E-state index < -0.39 is 11.8 Å². The monoisotopic (exact) mass is 319 g/mol. The Bertz CT molecular complexity index is 677. The highest BCUT2D eigenvalue weighted by Crippen LogP contribution is 2.21. The number of amides is 2. The number of halogens is 1. The number of hydrogen-bond acceptors (Lipinski definition) is 4. The summed E-state index contributed by atoms with van der Waals surface area (Å²) in [6.45, 7) is 1.60. The van der Waals surface area contributed by atoms with Gasteiger partial charge in [-0.3, -0.25) is 25.4 Å². The average Bonchev–Trinajstić information content (AvgIpc) is 2.52. The molecule has 1 heterocycles. The molecule has 1 aromatic heterocycles. The van der Waals surface area contributed by atoms with E-state index in [9.17, 15) is 9.59 Å². The van der Waals surface area contributed by atoms with Crippen LogP contribution in [-0.2, 0) is 4.79 Å². The van der Waals surface area contributed by atoms with Gasteiger partial charge in [0.1, 0.15) is 5.75 Å². The molecule has 2 rings (SSSR count). The van der Waals surface area contributed by atoms with Crippen LogP contribution in [-0.4, -0.2) is 23.4 Å². The number of aromatic nitrogens is 1. The highest BCUT2D eigenvalue weighted by molar-refractivity contribution is 6.30. The van der Waals surface area contributed by atoms with Gasteiger partial charge >= 0.3 is 0 Å². The summed E-state index contributed by atoms with van der Waals surface area (Å²) in [7, 11) is 0. The Morgan fingerprint density at radius 1 is 1.18 bits per heavy atom. The summed E-state index contributed by atoms with van der Waals surface area (Å²) in [6, 6.07) is 8.16. The number of aryl methyl sites for hydroxylation is 1. The quantitative estimate of drug-likeness (QED) is 0.843. The lowest BCUT2D eigenvalue weighted by atomic mass is 10.2. The second kappa shape index (κ2) is 7.42. The second-order valence-corrected chi connectivity index (χ2v) is 4.87. The van der Waals surface area contributed by atoms with Crippen LogP contribution >= 0.6 is 11.6 Å². The summed E-state index contributed by atoms with van der Waals surface area (Å²) >= 11 is 5.84. The molecule has 0 aliphatic heterocycles. The minimum Gasteiger partial charge on any atom is -0.483 e. The molecule has 0 aliphatic carbocycles. The first-order valence-electron chi connectivity index (χ1n) is 6.44. The van der Waals surface area contributed by atoms with Crippen molar-refractivity contribution < 1.29 is 14.3 Å². The Morgan fingerprint density at radius 3 is 2.59 bits per heavy atom. The van der Waals surface area contributed by atoms with Gasteiger partial charge in [-0.25, -0.2) is 0 Å². The average molecular weight is 320 g/mol. The Balaban J connectivity index is 1.80. The summed E-state index contributed by atoms with van der Waals surface area (Å²) in [5, 5.41) is 0.596. The number of benzene rings is 1. The number of carbonyl (C=O) groups is 2. The Labute approximate surface area is 132 Å². The van der Waals surface area contributed by atoms with Crippen LogP contribution < -0.4 is 15.6 Å². The molecule has 114 valence electrons. The summed E-state index contributed by atoms with van der Waals surface area (Å²) in [5.41, 5.74) is 5.78. The van der Waals surface area contributed by atoms with Gasteiger partial charge in [-0.1, -0.05) is 11.6 Å². The molecular formula is C15H14ClN3O3. The Hall–Kier alpha value is -2.60. The molecule has 6 nitrogen and oxygen atoms in total. The number of ether oxygens (including phenoxy) is 1. The van der Waals surface area contributed by atoms with E-state index >= 15 is 0 Å². The fourth-order valence-electron chi connectivity index (χ4n) is 1.66. The number of rotatable bonds is 4. The fraction of sp³-hybridized carbons (Fsp3) is 0.133. The molecule has 22 heavy (non-hydrogen) atoms. The first-order chi connectivity index (χ1) is 10.6. The number of pyridine rings is 1. The molecule has 0 spiro atoms. The van der Waals surface area contributed by atoms with Gasteiger partial charge in [0.05, 0.1) is 0 Å². The molecule has 2 N–H and O–H groups in total. The van der Waals surface area contributed by atoms with Crippen molar-refractivity contribution in [3.8, 4) is 5.75 Å². The van der Waals surface area contributed by atoms with Crippen LogP contribution in [0.15, 0.2) is 42.7 Å². The molecule has 0 saturated heterocycles. The standard InChI is InChI=1S/C15H14ClN3O3/c1-10-8-12(16)2-3-13(10)22-9-14(20)18-19-15(21)11-4-6-17-7-5-11/h2-8H,9H2,1H3,(H,18,20)(H,19,21). The van der Waals surface area contributed by atoms with Gasteiger partial charge in [0.25, 0.3) is 11.8 Å². The third kappa shape index (κ3) is 4.46. The van der Waals surface area contributed by atoms with Crippen molar-refractivity contribution in [1.82, 2.24) is 15.8 Å². The fourth-order valence-corrected chi connectivity index (χ4v) is 1.88. The lowest BCUT2D eigenvalue weighted by molar-refractivity contribution is -0.123. The van der Waals surface area contributed by atoms with Crippen LogP contribution in [0.2, 0.25) is 5.02 Å². The van der Waals surface area contributed by atoms with Crippen molar-refractivity contribution in [1.29, 1.82) is 0 Å². The van der Waals surface area contributed by atoms with E-state index in [1.165, 1.54) is 24.5 Å². The zero-order valence-corrected chi connectivity index (χ0v) is 12.6. The van der Waals surface area contributed by atoms with Crippen LogP contribution in [0, 0.1) is 6.92 Å². The van der Waals surface area contributed by atoms with Crippen molar-refractivity contribution >= 4 is 23.4 Å². The van der Waals surface area contributed by atoms with Gasteiger partial charge < -0.3 is 4.74 Å². The van der Waals surface area contributed by atoms with Crippen LogP contribution in [0.5, 0.6) is 5.75 Å². The van der Waals surface area contributed by atoms with Gasteiger partial charge in [-0.15, -0.1) is 0 Å². The molecule has 7 heteroatoms. The molecule has 0 unspecified atom stereocenters. The highest BCUT2D eigenvalue weighted by atomic mass is 35.5. The maximum atomic E-state index is 11.7. The molecule has 0 fully saturated rings. The molecule has 2 aromatic rings. The third-order valence-corrected chi connectivity index (χ3v) is 2.99. The summed E-state index contributed by atoms with van der Waals surface area (Å²) in [6.07, 6.45) is 2.98. The highest BCUT2D eigenvalue weighted by Gasteiger charge is 2.08. The van der Waals surface area contributed by atoms with E-state index in [2.05, 4.69) is 15.8 Å². The molecule has 2 amide bonds. The van der Waals surface area contributed by atoms with Crippen molar-refractivity contribution in [3.05, 3.63) is 58.9 Å². The van der Waals surface area contributed by atoms with E-state index in [1.54, 1.807) is 18.2 Å². The predicted molar refractivity (Wildman–Crippen MR) is 81.5 cm³/mol. The zero-order valence-electron chi connectivity index (χ0n) is 11.8. The van der Waals surface area contributed by atoms with E-state index in [4.69, 9.17) is 16.3 Å². The van der Waals surface area contributed by atoms with Crippen molar-refractivity contribution in [2.24, 2.45) is 0 Å². The van der Waals surface area contributed by atoms with Gasteiger partial charge in [-0.05, 0) is 42.8 Å². The first-order valence-corrected chi connectivity index (χ1v) is 6.82. The van der Waals surface area contributed by atoms with E-state index in [1.807, 2.05) is 6.92 Å². The zero-order chi connectivity index (χ0) is 15.9. The van der Waals surface area contributed by atoms with E-state index in [-0.39, 0.29) is 6.61 Å². The van der Waals surface area contributed by atoms with E-state index in [0.717, 1.165) is 5.56 Å². The van der Waals surface area contributed by atoms with Crippen LogP contribution in [0.25, 0.3) is 0 Å². The SMILES string of the molecule is Cc1cc(Cl)ccc1OCC(=O)NNC(=O)c1ccncc1. The molecular weight excluding hydrogens is 306 g/mol. The predicted octanol–water partition coefficient (Wildman–Crippen LogP) is 1.88. The maximum Gasteiger partial charge on any atom is 0.276 e. The lowest BCUT2D eigenvalue weighted by Gasteiger charge is -2.10. The summed E-state index contributed by atoms with van der Waals surface area (Å²) in [4.78, 5) is 27.2. The minimum absolute atomic E-state index is 0.223. The number of hydrogen-bond donors (Lipinski definition) is 2. The molecule has 1 aromatic carbocycles. The smallest absolute Gasteiger partial charge is 0.276 e. The summed E-state index contributed by atoms with van der Waals surface area (Å²) < 4.78 is 5.36. The van der Waals surface area contributed by atoms with Crippen LogP contribution in [0.1, 0.15) is 15.9 Å². The van der Waals surface area contributed by atoms with Crippen molar-refractivity contribution in [3.63, 3.8) is 0 Å². The Morgan fingerprint density at radius 2 is 1.91 bits per heavy atom. The molecule has 0 atom stereocenters. The van der Waals surface area contributed by atoms with Crippen LogP contribution in [0.4, 0.5) is 0 Å². The van der Waals surface area contributed by atoms with Gasteiger partial charge in [-0.2, -0.15) is 0 Å². The van der Waals surface area contributed by atoms with Gasteiger partial charge in [0, 0.05) is 23.0 Å². The second-order valence-electron chi connectivity index (χ2n) is 4.44. The van der Waals surface area contributed by atoms with E-state index in [0.29, 0.717) is 16.3 Å². The number of nitrogens with zero attached hydrogens (tertiary/aromatic N) is 1. The number of hydrazine groups is 1. The van der Waals surface area contributed by atoms with Crippen molar-refractivity contribution in [2.75, 3.05) is 6.61 Å². The topological polar surface area (TPSA) is 80.3 Å². The largest absolute Gasteiger partial charge is 0.483 e. The van der Waals surface area contributed by atoms with Gasteiger partial charge in [0.15, 0.2) is 6.61 Å². The maximum absolute atomic E-state index is 11.7. The summed E-state index contributed by atoms with van der Waals surface area (Å²) in [5.74, 6) is -0.352. The molecule has 0 radical (unpaired) electrons. The van der Waals surface area contributed by atoms with Gasteiger partial charge in [0.2, 0.25) is 0 Å². The lowest BCUT2D eigenvalue weighted by Crippen LogP contribution is -2.43. The first kappa shape index (κ1) is 15.8. The number of nitrogens with one attached hydrogen (secondary N) is 2. The number of carbonyl (C=O) groups excluding carboxylic acids is 2. The molecule has 0 saturated carbocycles. The normalized spacial score (nSPS) is 9.91. The van der Waals surface area contributed by atoms with Crippen molar-refractivity contribution in [2.45, 2.75) is 6.92 Å². The molecule has 0 aliphatic rings. The minimum atomic E-state index is -0.475. The molecule has 0 bridgehead atoms. The third-order valence-electron chi connectivity index (χ3n) is 2.75.